The molecule has 0 spiro atoms. The molecule has 0 aliphatic heterocycles. The molecule has 0 saturated heterocycles. The van der Waals surface area contributed by atoms with Crippen molar-refractivity contribution in [2.45, 2.75) is 58.8 Å². The van der Waals surface area contributed by atoms with Crippen molar-refractivity contribution in [1.29, 1.82) is 0 Å². The van der Waals surface area contributed by atoms with Gasteiger partial charge < -0.3 is 14.2 Å². The molecule has 0 unspecified atom stereocenters. The fraction of sp³-hybridized carbons (Fsp3) is 0.500. The highest BCUT2D eigenvalue weighted by atomic mass is 16.6. The fourth-order valence-corrected chi connectivity index (χ4v) is 2.08. The zero-order valence-electron chi connectivity index (χ0n) is 15.7. The van der Waals surface area contributed by atoms with Crippen molar-refractivity contribution in [1.82, 2.24) is 0 Å². The zero-order chi connectivity index (χ0) is 19.0. The van der Waals surface area contributed by atoms with E-state index in [0.717, 1.165) is 0 Å². The standard InChI is InChI=1S/C20H28O5/c1-7-17(15(3)23-16-11-9-8-10-12-16)24-19(22)14(2)13-18(21)25-20(4,5)6/h7-12,14-15,17H,1,13H2,2-6H3/t14-,15+,17-/m1/s1. The highest BCUT2D eigenvalue weighted by molar-refractivity contribution is 5.80. The van der Waals surface area contributed by atoms with E-state index in [1.54, 1.807) is 34.6 Å². The minimum Gasteiger partial charge on any atom is -0.487 e. The monoisotopic (exact) mass is 348 g/mol. The van der Waals surface area contributed by atoms with Gasteiger partial charge in [0, 0.05) is 0 Å². The number of ether oxygens (including phenoxy) is 3. The fourth-order valence-electron chi connectivity index (χ4n) is 2.08. The Morgan fingerprint density at radius 1 is 1.16 bits per heavy atom. The van der Waals surface area contributed by atoms with Crippen molar-refractivity contribution >= 4 is 11.9 Å². The molecule has 0 amide bonds. The Hall–Kier alpha value is -2.30. The van der Waals surface area contributed by atoms with Gasteiger partial charge in [-0.15, -0.1) is 0 Å². The Morgan fingerprint density at radius 2 is 1.76 bits per heavy atom. The Morgan fingerprint density at radius 3 is 2.28 bits per heavy atom. The summed E-state index contributed by atoms with van der Waals surface area (Å²) >= 11 is 0. The predicted octanol–water partition coefficient (Wildman–Crippen LogP) is 3.92. The van der Waals surface area contributed by atoms with E-state index in [0.29, 0.717) is 5.75 Å². The van der Waals surface area contributed by atoms with Gasteiger partial charge >= 0.3 is 11.9 Å². The minimum atomic E-state index is -0.617. The smallest absolute Gasteiger partial charge is 0.309 e. The van der Waals surface area contributed by atoms with Crippen LogP contribution in [0.15, 0.2) is 43.0 Å². The molecular formula is C20H28O5. The van der Waals surface area contributed by atoms with Gasteiger partial charge in [0.15, 0.2) is 6.10 Å². The van der Waals surface area contributed by atoms with Crippen molar-refractivity contribution < 1.29 is 23.8 Å². The molecule has 0 aromatic heterocycles. The molecule has 5 nitrogen and oxygen atoms in total. The van der Waals surface area contributed by atoms with Crippen LogP contribution >= 0.6 is 0 Å². The number of rotatable bonds is 8. The lowest BCUT2D eigenvalue weighted by Crippen LogP contribution is -2.34. The van der Waals surface area contributed by atoms with E-state index in [2.05, 4.69) is 6.58 Å². The van der Waals surface area contributed by atoms with Gasteiger partial charge in [-0.2, -0.15) is 0 Å². The van der Waals surface area contributed by atoms with E-state index < -0.39 is 35.7 Å². The second-order valence-corrected chi connectivity index (χ2v) is 6.96. The van der Waals surface area contributed by atoms with Gasteiger partial charge in [-0.05, 0) is 45.9 Å². The summed E-state index contributed by atoms with van der Waals surface area (Å²) in [5.74, 6) is -0.846. The predicted molar refractivity (Wildman–Crippen MR) is 96.2 cm³/mol. The molecule has 0 N–H and O–H groups in total. The number of para-hydroxylation sites is 1. The van der Waals surface area contributed by atoms with Crippen LogP contribution in [0.5, 0.6) is 5.75 Å². The molecule has 3 atom stereocenters. The molecule has 0 radical (unpaired) electrons. The molecule has 0 fully saturated rings. The van der Waals surface area contributed by atoms with Crippen LogP contribution in [-0.2, 0) is 19.1 Å². The summed E-state index contributed by atoms with van der Waals surface area (Å²) in [4.78, 5) is 24.1. The summed E-state index contributed by atoms with van der Waals surface area (Å²) in [5.41, 5.74) is -0.581. The number of hydrogen-bond donors (Lipinski definition) is 0. The zero-order valence-corrected chi connectivity index (χ0v) is 15.7. The molecule has 5 heteroatoms. The molecule has 0 aliphatic carbocycles. The molecule has 0 aliphatic rings. The third-order valence-electron chi connectivity index (χ3n) is 3.31. The second-order valence-electron chi connectivity index (χ2n) is 6.96. The maximum Gasteiger partial charge on any atom is 0.309 e. The lowest BCUT2D eigenvalue weighted by Gasteiger charge is -2.24. The van der Waals surface area contributed by atoms with Gasteiger partial charge in [-0.25, -0.2) is 0 Å². The van der Waals surface area contributed by atoms with E-state index in [9.17, 15) is 9.59 Å². The highest BCUT2D eigenvalue weighted by Crippen LogP contribution is 2.17. The second kappa shape index (κ2) is 9.25. The minimum absolute atomic E-state index is 0.0338. The molecule has 0 bridgehead atoms. The lowest BCUT2D eigenvalue weighted by atomic mass is 10.1. The first-order valence-electron chi connectivity index (χ1n) is 8.39. The van der Waals surface area contributed by atoms with Crippen LogP contribution < -0.4 is 4.74 Å². The van der Waals surface area contributed by atoms with Gasteiger partial charge in [0.05, 0.1) is 12.3 Å². The molecule has 138 valence electrons. The van der Waals surface area contributed by atoms with Gasteiger partial charge in [-0.1, -0.05) is 31.7 Å². The normalized spacial score (nSPS) is 14.8. The van der Waals surface area contributed by atoms with Gasteiger partial charge in [0.2, 0.25) is 0 Å². The van der Waals surface area contributed by atoms with Gasteiger partial charge in [-0.3, -0.25) is 9.59 Å². The van der Waals surface area contributed by atoms with Gasteiger partial charge in [0.1, 0.15) is 17.5 Å². The van der Waals surface area contributed by atoms with E-state index >= 15 is 0 Å². The molecule has 0 heterocycles. The molecule has 25 heavy (non-hydrogen) atoms. The van der Waals surface area contributed by atoms with E-state index in [-0.39, 0.29) is 6.42 Å². The Balaban J connectivity index is 2.56. The lowest BCUT2D eigenvalue weighted by molar-refractivity contribution is -0.163. The van der Waals surface area contributed by atoms with E-state index in [1.165, 1.54) is 6.08 Å². The molecule has 0 saturated carbocycles. The first-order chi connectivity index (χ1) is 11.6. The van der Waals surface area contributed by atoms with Crippen LogP contribution in [0.4, 0.5) is 0 Å². The number of esters is 2. The molecule has 1 rings (SSSR count). The Labute approximate surface area is 150 Å². The first kappa shape index (κ1) is 20.7. The quantitative estimate of drug-likeness (QED) is 0.526. The SMILES string of the molecule is C=C[C@@H](OC(=O)[C@H](C)CC(=O)OC(C)(C)C)[C@H](C)Oc1ccccc1. The third kappa shape index (κ3) is 7.88. The van der Waals surface area contributed by atoms with Crippen LogP contribution in [0.2, 0.25) is 0 Å². The summed E-state index contributed by atoms with van der Waals surface area (Å²) < 4.78 is 16.4. The van der Waals surface area contributed by atoms with E-state index in [1.807, 2.05) is 30.3 Å². The summed E-state index contributed by atoms with van der Waals surface area (Å²) in [6, 6.07) is 9.26. The Bertz CT molecular complexity index is 573. The molecular weight excluding hydrogens is 320 g/mol. The summed E-state index contributed by atoms with van der Waals surface area (Å²) in [7, 11) is 0. The maximum atomic E-state index is 12.2. The van der Waals surface area contributed by atoms with Crippen LogP contribution in [0, 0.1) is 5.92 Å². The van der Waals surface area contributed by atoms with Crippen molar-refractivity contribution in [3.05, 3.63) is 43.0 Å². The summed E-state index contributed by atoms with van der Waals surface area (Å²) in [5, 5.41) is 0. The van der Waals surface area contributed by atoms with Crippen LogP contribution in [0.3, 0.4) is 0 Å². The number of hydrogen-bond acceptors (Lipinski definition) is 5. The maximum absolute atomic E-state index is 12.2. The number of carbonyl (C=O) groups excluding carboxylic acids is 2. The first-order valence-corrected chi connectivity index (χ1v) is 8.39. The molecule has 1 aromatic rings. The van der Waals surface area contributed by atoms with Crippen molar-refractivity contribution in [2.24, 2.45) is 5.92 Å². The van der Waals surface area contributed by atoms with Crippen molar-refractivity contribution in [3.8, 4) is 5.75 Å². The summed E-state index contributed by atoms with van der Waals surface area (Å²) in [6.45, 7) is 12.5. The molecule has 1 aromatic carbocycles. The van der Waals surface area contributed by atoms with Crippen LogP contribution in [0.25, 0.3) is 0 Å². The Kier molecular flexibility index (Phi) is 7.68. The van der Waals surface area contributed by atoms with Crippen molar-refractivity contribution in [2.75, 3.05) is 0 Å². The number of benzene rings is 1. The van der Waals surface area contributed by atoms with Crippen LogP contribution in [-0.4, -0.2) is 29.7 Å². The topological polar surface area (TPSA) is 61.8 Å². The highest BCUT2D eigenvalue weighted by Gasteiger charge is 2.27. The van der Waals surface area contributed by atoms with Crippen molar-refractivity contribution in [3.63, 3.8) is 0 Å². The van der Waals surface area contributed by atoms with Gasteiger partial charge in [0.25, 0.3) is 0 Å². The van der Waals surface area contributed by atoms with Crippen LogP contribution in [0.1, 0.15) is 41.0 Å². The average molecular weight is 348 g/mol. The average Bonchev–Trinajstić information content (AvgIpc) is 2.51. The summed E-state index contributed by atoms with van der Waals surface area (Å²) in [6.07, 6.45) is 0.464. The third-order valence-corrected chi connectivity index (χ3v) is 3.31. The largest absolute Gasteiger partial charge is 0.487 e. The number of carbonyl (C=O) groups is 2. The van der Waals surface area contributed by atoms with E-state index in [4.69, 9.17) is 14.2 Å².